The van der Waals surface area contributed by atoms with Crippen LogP contribution in [0.15, 0.2) is 85.4 Å². The van der Waals surface area contributed by atoms with Gasteiger partial charge in [0.2, 0.25) is 0 Å². The summed E-state index contributed by atoms with van der Waals surface area (Å²) in [7, 11) is 0. The molecule has 7 heteroatoms. The summed E-state index contributed by atoms with van der Waals surface area (Å²) in [6, 6.07) is 11.1. The number of aromatic nitrogens is 3. The SMILES string of the molecule is C#C.C=C/C(=C\C(=C/C)c1ccc(N)c(Cc2nc3nccc(-c4ccc(F)s4)c3[nH]2)c1)NC(=C)CCC. The fourth-order valence-corrected chi connectivity index (χ4v) is 4.80. The smallest absolute Gasteiger partial charge is 0.178 e. The lowest BCUT2D eigenvalue weighted by atomic mass is 9.99. The third-order valence-corrected chi connectivity index (χ3v) is 6.74. The lowest BCUT2D eigenvalue weighted by Crippen LogP contribution is -2.10. The van der Waals surface area contributed by atoms with Gasteiger partial charge in [0.25, 0.3) is 0 Å². The molecule has 0 amide bonds. The number of rotatable bonds is 10. The Labute approximate surface area is 227 Å². The Kier molecular flexibility index (Phi) is 9.80. The van der Waals surface area contributed by atoms with Crippen molar-refractivity contribution in [1.82, 2.24) is 20.3 Å². The van der Waals surface area contributed by atoms with Crippen LogP contribution in [0.3, 0.4) is 0 Å². The van der Waals surface area contributed by atoms with Crippen LogP contribution in [0.25, 0.3) is 27.2 Å². The minimum absolute atomic E-state index is 0.224. The zero-order valence-corrected chi connectivity index (χ0v) is 22.5. The normalized spacial score (nSPS) is 11.6. The second kappa shape index (κ2) is 13.2. The summed E-state index contributed by atoms with van der Waals surface area (Å²) in [5, 5.41) is 3.12. The van der Waals surface area contributed by atoms with Gasteiger partial charge in [-0.1, -0.05) is 38.6 Å². The highest BCUT2D eigenvalue weighted by molar-refractivity contribution is 7.14. The maximum Gasteiger partial charge on any atom is 0.178 e. The van der Waals surface area contributed by atoms with Gasteiger partial charge in [0.1, 0.15) is 5.82 Å². The van der Waals surface area contributed by atoms with E-state index in [1.54, 1.807) is 18.3 Å². The number of hydrogen-bond donors (Lipinski definition) is 3. The highest BCUT2D eigenvalue weighted by Crippen LogP contribution is 2.32. The Morgan fingerprint density at radius 2 is 2.03 bits per heavy atom. The molecule has 3 heterocycles. The number of hydrogen-bond acceptors (Lipinski definition) is 5. The van der Waals surface area contributed by atoms with Crippen LogP contribution in [0.1, 0.15) is 43.6 Å². The van der Waals surface area contributed by atoms with Gasteiger partial charge in [0.15, 0.2) is 10.8 Å². The van der Waals surface area contributed by atoms with Crippen molar-refractivity contribution in [3.63, 3.8) is 0 Å². The molecule has 38 heavy (non-hydrogen) atoms. The largest absolute Gasteiger partial charge is 0.398 e. The summed E-state index contributed by atoms with van der Waals surface area (Å²) in [6.45, 7) is 12.1. The van der Waals surface area contributed by atoms with Crippen LogP contribution in [0.2, 0.25) is 0 Å². The molecule has 3 aromatic heterocycles. The molecule has 0 radical (unpaired) electrons. The molecule has 0 aliphatic heterocycles. The molecular formula is C31H32FN5S. The quantitative estimate of drug-likeness (QED) is 0.113. The Hall–Kier alpha value is -4.41. The number of halogens is 1. The van der Waals surface area contributed by atoms with Crippen molar-refractivity contribution in [2.45, 2.75) is 33.1 Å². The highest BCUT2D eigenvalue weighted by atomic mass is 32.1. The number of anilines is 1. The van der Waals surface area contributed by atoms with E-state index < -0.39 is 0 Å². The van der Waals surface area contributed by atoms with Gasteiger partial charge in [-0.2, -0.15) is 4.39 Å². The van der Waals surface area contributed by atoms with E-state index in [-0.39, 0.29) is 5.13 Å². The van der Waals surface area contributed by atoms with E-state index in [1.807, 2.05) is 25.1 Å². The number of nitrogens with two attached hydrogens (primary N) is 1. The molecule has 4 N–H and O–H groups in total. The zero-order chi connectivity index (χ0) is 27.7. The maximum atomic E-state index is 13.6. The molecule has 1 aromatic carbocycles. The molecule has 0 bridgehead atoms. The predicted octanol–water partition coefficient (Wildman–Crippen LogP) is 7.62. The highest BCUT2D eigenvalue weighted by Gasteiger charge is 2.14. The van der Waals surface area contributed by atoms with Gasteiger partial charge in [-0.15, -0.1) is 24.2 Å². The number of nitrogen functional groups attached to an aromatic ring is 1. The first kappa shape index (κ1) is 28.2. The minimum Gasteiger partial charge on any atom is -0.398 e. The Morgan fingerprint density at radius 1 is 1.24 bits per heavy atom. The summed E-state index contributed by atoms with van der Waals surface area (Å²) >= 11 is 1.10. The molecule has 0 fully saturated rings. The van der Waals surface area contributed by atoms with E-state index in [2.05, 4.69) is 71.4 Å². The third-order valence-electron chi connectivity index (χ3n) is 5.83. The van der Waals surface area contributed by atoms with Crippen LogP contribution >= 0.6 is 11.3 Å². The summed E-state index contributed by atoms with van der Waals surface area (Å²) < 4.78 is 13.6. The molecule has 194 valence electrons. The maximum absolute atomic E-state index is 13.6. The van der Waals surface area contributed by atoms with Crippen LogP contribution < -0.4 is 11.1 Å². The zero-order valence-electron chi connectivity index (χ0n) is 21.7. The average Bonchev–Trinajstić information content (AvgIpc) is 3.54. The monoisotopic (exact) mass is 525 g/mol. The first-order valence-electron chi connectivity index (χ1n) is 12.2. The number of fused-ring (bicyclic) bond motifs is 1. The van der Waals surface area contributed by atoms with Crippen molar-refractivity contribution in [3.05, 3.63) is 107 Å². The van der Waals surface area contributed by atoms with Crippen LogP contribution in [0.4, 0.5) is 10.1 Å². The Morgan fingerprint density at radius 3 is 2.68 bits per heavy atom. The Bertz CT molecular complexity index is 1520. The minimum atomic E-state index is -0.224. The number of benzene rings is 1. The number of H-pyrrole nitrogens is 1. The van der Waals surface area contributed by atoms with Crippen molar-refractivity contribution >= 4 is 33.8 Å². The predicted molar refractivity (Wildman–Crippen MR) is 160 cm³/mol. The summed E-state index contributed by atoms with van der Waals surface area (Å²) in [4.78, 5) is 13.3. The van der Waals surface area contributed by atoms with E-state index in [0.29, 0.717) is 17.8 Å². The van der Waals surface area contributed by atoms with Crippen molar-refractivity contribution in [1.29, 1.82) is 0 Å². The van der Waals surface area contributed by atoms with Gasteiger partial charge >= 0.3 is 0 Å². The molecule has 0 aliphatic carbocycles. The molecule has 0 unspecified atom stereocenters. The van der Waals surface area contributed by atoms with E-state index in [9.17, 15) is 4.39 Å². The number of allylic oxidation sites excluding steroid dienone is 5. The second-order valence-corrected chi connectivity index (χ2v) is 9.50. The summed E-state index contributed by atoms with van der Waals surface area (Å²) in [5.74, 6) is 0.743. The van der Waals surface area contributed by atoms with Gasteiger partial charge in [-0.3, -0.25) is 0 Å². The standard InChI is InChI=1S/C29H30FN5S.C2H2/c1-5-8-18(4)33-22(7-3)16-19(6-2)20-9-10-24(31)21(15-20)17-27-34-28-23(13-14-32-29(28)35-27)25-11-12-26(30)36-25;1-2/h6-7,9-16,33H,3-5,8,17,31H2,1-2H3,(H,32,34,35);1-2H/b19-6+,22-16+;. The van der Waals surface area contributed by atoms with Crippen molar-refractivity contribution in [2.24, 2.45) is 0 Å². The van der Waals surface area contributed by atoms with Gasteiger partial charge in [-0.25, -0.2) is 9.97 Å². The van der Waals surface area contributed by atoms with Crippen molar-refractivity contribution < 1.29 is 4.39 Å². The molecule has 0 spiro atoms. The Balaban J connectivity index is 0.00000195. The first-order valence-corrected chi connectivity index (χ1v) is 13.0. The van der Waals surface area contributed by atoms with Gasteiger partial charge in [0, 0.05) is 40.1 Å². The van der Waals surface area contributed by atoms with Gasteiger partial charge < -0.3 is 16.0 Å². The second-order valence-electron chi connectivity index (χ2n) is 8.46. The van der Waals surface area contributed by atoms with Gasteiger partial charge in [0.05, 0.1) is 5.52 Å². The molecule has 4 rings (SSSR count). The number of nitrogens with zero attached hydrogens (tertiary/aromatic N) is 2. The van der Waals surface area contributed by atoms with E-state index in [0.717, 1.165) is 74.1 Å². The lowest BCUT2D eigenvalue weighted by Gasteiger charge is -2.12. The molecule has 5 nitrogen and oxygen atoms in total. The molecule has 0 aliphatic rings. The molecular weight excluding hydrogens is 493 g/mol. The van der Waals surface area contributed by atoms with Gasteiger partial charge in [-0.05, 0) is 72.5 Å². The summed E-state index contributed by atoms with van der Waals surface area (Å²) in [6.07, 6.45) is 18.0. The van der Waals surface area contributed by atoms with E-state index >= 15 is 0 Å². The van der Waals surface area contributed by atoms with Crippen LogP contribution in [-0.2, 0) is 6.42 Å². The molecule has 0 atom stereocenters. The van der Waals surface area contributed by atoms with Crippen LogP contribution in [-0.4, -0.2) is 15.0 Å². The van der Waals surface area contributed by atoms with Crippen molar-refractivity contribution in [2.75, 3.05) is 5.73 Å². The first-order chi connectivity index (χ1) is 18.4. The number of imidazole rings is 1. The topological polar surface area (TPSA) is 79.6 Å². The van der Waals surface area contributed by atoms with E-state index in [4.69, 9.17) is 5.73 Å². The fraction of sp³-hybridized carbons (Fsp3) is 0.161. The van der Waals surface area contributed by atoms with E-state index in [1.165, 1.54) is 6.07 Å². The number of nitrogens with one attached hydrogen (secondary N) is 2. The van der Waals surface area contributed by atoms with Crippen LogP contribution in [0, 0.1) is 18.0 Å². The van der Waals surface area contributed by atoms with Crippen LogP contribution in [0.5, 0.6) is 0 Å². The number of thiophene rings is 1. The molecule has 4 aromatic rings. The fourth-order valence-electron chi connectivity index (χ4n) is 4.04. The van der Waals surface area contributed by atoms with Crippen molar-refractivity contribution in [3.8, 4) is 23.3 Å². The number of pyridine rings is 1. The molecule has 0 saturated carbocycles. The number of aromatic amines is 1. The summed E-state index contributed by atoms with van der Waals surface area (Å²) in [5.41, 5.74) is 14.2. The average molecular weight is 526 g/mol. The molecule has 0 saturated heterocycles. The third kappa shape index (κ3) is 6.67. The number of terminal acetylenes is 1. The lowest BCUT2D eigenvalue weighted by molar-refractivity contribution is 0.657.